The van der Waals surface area contributed by atoms with Gasteiger partial charge in [0, 0.05) is 36.1 Å². The van der Waals surface area contributed by atoms with Crippen molar-refractivity contribution in [3.05, 3.63) is 29.7 Å². The molecule has 1 aliphatic rings. The molecule has 5 heteroatoms. The number of thiazole rings is 1. The molecule has 4 nitrogen and oxygen atoms in total. The van der Waals surface area contributed by atoms with E-state index >= 15 is 0 Å². The van der Waals surface area contributed by atoms with Gasteiger partial charge < -0.3 is 5.32 Å². The van der Waals surface area contributed by atoms with Crippen LogP contribution in [0.15, 0.2) is 24.8 Å². The SMILES string of the molecule is c1cnc(-c2ncc(CNC3CCCC3)s2)cn1. The minimum Gasteiger partial charge on any atom is -0.309 e. The Kier molecular flexibility index (Phi) is 3.61. The largest absolute Gasteiger partial charge is 0.309 e. The Labute approximate surface area is 111 Å². The van der Waals surface area contributed by atoms with Gasteiger partial charge in [-0.05, 0) is 12.8 Å². The Hall–Kier alpha value is -1.33. The van der Waals surface area contributed by atoms with E-state index in [2.05, 4.69) is 20.3 Å². The summed E-state index contributed by atoms with van der Waals surface area (Å²) in [6, 6.07) is 0.701. The van der Waals surface area contributed by atoms with Crippen LogP contribution in [-0.4, -0.2) is 21.0 Å². The molecular formula is C13H16N4S. The van der Waals surface area contributed by atoms with E-state index < -0.39 is 0 Å². The molecule has 3 rings (SSSR count). The van der Waals surface area contributed by atoms with E-state index in [9.17, 15) is 0 Å². The zero-order valence-corrected chi connectivity index (χ0v) is 11.0. The highest BCUT2D eigenvalue weighted by Crippen LogP contribution is 2.23. The second-order valence-corrected chi connectivity index (χ2v) is 5.70. The minimum absolute atomic E-state index is 0.701. The summed E-state index contributed by atoms with van der Waals surface area (Å²) in [5.74, 6) is 0. The third-order valence-electron chi connectivity index (χ3n) is 3.26. The Morgan fingerprint density at radius 3 is 2.83 bits per heavy atom. The van der Waals surface area contributed by atoms with Crippen LogP contribution in [0.4, 0.5) is 0 Å². The lowest BCUT2D eigenvalue weighted by molar-refractivity contribution is 0.527. The number of hydrogen-bond acceptors (Lipinski definition) is 5. The Bertz CT molecular complexity index is 491. The van der Waals surface area contributed by atoms with Crippen LogP contribution in [0.1, 0.15) is 30.6 Å². The number of nitrogens with zero attached hydrogens (tertiary/aromatic N) is 3. The molecule has 18 heavy (non-hydrogen) atoms. The summed E-state index contributed by atoms with van der Waals surface area (Å²) < 4.78 is 0. The van der Waals surface area contributed by atoms with Gasteiger partial charge in [-0.3, -0.25) is 9.97 Å². The first-order valence-electron chi connectivity index (χ1n) is 6.36. The molecule has 1 fully saturated rings. The Morgan fingerprint density at radius 2 is 2.06 bits per heavy atom. The number of nitrogens with one attached hydrogen (secondary N) is 1. The molecule has 1 saturated carbocycles. The monoisotopic (exact) mass is 260 g/mol. The lowest BCUT2D eigenvalue weighted by Gasteiger charge is -2.09. The van der Waals surface area contributed by atoms with E-state index in [0.717, 1.165) is 17.2 Å². The summed E-state index contributed by atoms with van der Waals surface area (Å²) in [7, 11) is 0. The van der Waals surface area contributed by atoms with Crippen molar-refractivity contribution in [2.75, 3.05) is 0 Å². The minimum atomic E-state index is 0.701. The Morgan fingerprint density at radius 1 is 1.17 bits per heavy atom. The molecule has 1 N–H and O–H groups in total. The molecule has 2 heterocycles. The van der Waals surface area contributed by atoms with E-state index in [0.29, 0.717) is 6.04 Å². The first-order chi connectivity index (χ1) is 8.92. The average Bonchev–Trinajstić information content (AvgIpc) is 3.09. The standard InChI is InChI=1S/C13H16N4S/c1-2-4-10(3-1)16-7-11-8-17-13(18-11)12-9-14-5-6-15-12/h5-6,8-10,16H,1-4,7H2. The third kappa shape index (κ3) is 2.73. The molecule has 2 aromatic rings. The van der Waals surface area contributed by atoms with Crippen LogP contribution in [0.3, 0.4) is 0 Å². The van der Waals surface area contributed by atoms with Crippen molar-refractivity contribution in [2.45, 2.75) is 38.3 Å². The number of hydrogen-bond donors (Lipinski definition) is 1. The average molecular weight is 260 g/mol. The third-order valence-corrected chi connectivity index (χ3v) is 4.28. The van der Waals surface area contributed by atoms with Crippen molar-refractivity contribution < 1.29 is 0 Å². The molecular weight excluding hydrogens is 244 g/mol. The second kappa shape index (κ2) is 5.54. The van der Waals surface area contributed by atoms with E-state index in [4.69, 9.17) is 0 Å². The van der Waals surface area contributed by atoms with Crippen molar-refractivity contribution in [1.82, 2.24) is 20.3 Å². The maximum absolute atomic E-state index is 4.41. The van der Waals surface area contributed by atoms with E-state index in [1.54, 1.807) is 29.9 Å². The van der Waals surface area contributed by atoms with Gasteiger partial charge in [0.25, 0.3) is 0 Å². The van der Waals surface area contributed by atoms with Crippen LogP contribution in [0.2, 0.25) is 0 Å². The summed E-state index contributed by atoms with van der Waals surface area (Å²) in [4.78, 5) is 14.0. The van der Waals surface area contributed by atoms with Crippen LogP contribution < -0.4 is 5.32 Å². The van der Waals surface area contributed by atoms with Crippen LogP contribution in [0.25, 0.3) is 10.7 Å². The Balaban J connectivity index is 1.63. The molecule has 0 radical (unpaired) electrons. The summed E-state index contributed by atoms with van der Waals surface area (Å²) in [6.07, 6.45) is 12.4. The molecule has 0 spiro atoms. The summed E-state index contributed by atoms with van der Waals surface area (Å²) in [5, 5.41) is 4.55. The van der Waals surface area contributed by atoms with E-state index in [-0.39, 0.29) is 0 Å². The van der Waals surface area contributed by atoms with Crippen molar-refractivity contribution in [3.63, 3.8) is 0 Å². The molecule has 94 valence electrons. The van der Waals surface area contributed by atoms with Crippen molar-refractivity contribution in [1.29, 1.82) is 0 Å². The van der Waals surface area contributed by atoms with Crippen LogP contribution in [0, 0.1) is 0 Å². The van der Waals surface area contributed by atoms with Crippen LogP contribution >= 0.6 is 11.3 Å². The predicted molar refractivity (Wildman–Crippen MR) is 72.2 cm³/mol. The highest BCUT2D eigenvalue weighted by Gasteiger charge is 2.14. The van der Waals surface area contributed by atoms with Crippen molar-refractivity contribution >= 4 is 11.3 Å². The zero-order valence-electron chi connectivity index (χ0n) is 10.2. The number of rotatable bonds is 4. The van der Waals surface area contributed by atoms with Gasteiger partial charge >= 0.3 is 0 Å². The van der Waals surface area contributed by atoms with E-state index in [1.165, 1.54) is 30.6 Å². The maximum atomic E-state index is 4.41. The molecule has 2 aromatic heterocycles. The summed E-state index contributed by atoms with van der Waals surface area (Å²) in [6.45, 7) is 0.919. The molecule has 0 aromatic carbocycles. The van der Waals surface area contributed by atoms with Gasteiger partial charge in [0.15, 0.2) is 0 Å². The van der Waals surface area contributed by atoms with Gasteiger partial charge in [-0.25, -0.2) is 4.98 Å². The normalized spacial score (nSPS) is 16.2. The van der Waals surface area contributed by atoms with Gasteiger partial charge in [-0.1, -0.05) is 12.8 Å². The van der Waals surface area contributed by atoms with E-state index in [1.807, 2.05) is 6.20 Å². The second-order valence-electron chi connectivity index (χ2n) is 4.58. The fourth-order valence-corrected chi connectivity index (χ4v) is 3.12. The molecule has 0 bridgehead atoms. The molecule has 0 saturated heterocycles. The fraction of sp³-hybridized carbons (Fsp3) is 0.462. The highest BCUT2D eigenvalue weighted by molar-refractivity contribution is 7.14. The van der Waals surface area contributed by atoms with Gasteiger partial charge in [-0.2, -0.15) is 0 Å². The quantitative estimate of drug-likeness (QED) is 0.918. The lowest BCUT2D eigenvalue weighted by Crippen LogP contribution is -2.24. The summed E-state index contributed by atoms with van der Waals surface area (Å²) in [5.41, 5.74) is 0.856. The molecule has 0 atom stereocenters. The highest BCUT2D eigenvalue weighted by atomic mass is 32.1. The van der Waals surface area contributed by atoms with Crippen molar-refractivity contribution in [2.24, 2.45) is 0 Å². The number of aromatic nitrogens is 3. The van der Waals surface area contributed by atoms with Crippen molar-refractivity contribution in [3.8, 4) is 10.7 Å². The predicted octanol–water partition coefficient (Wildman–Crippen LogP) is 2.63. The summed E-state index contributed by atoms with van der Waals surface area (Å²) >= 11 is 1.69. The van der Waals surface area contributed by atoms with Crippen LogP contribution in [-0.2, 0) is 6.54 Å². The first kappa shape index (κ1) is 11.7. The lowest BCUT2D eigenvalue weighted by atomic mass is 10.2. The van der Waals surface area contributed by atoms with Gasteiger partial charge in [0.05, 0.1) is 6.20 Å². The van der Waals surface area contributed by atoms with Gasteiger partial charge in [-0.15, -0.1) is 11.3 Å². The van der Waals surface area contributed by atoms with Crippen LogP contribution in [0.5, 0.6) is 0 Å². The zero-order chi connectivity index (χ0) is 12.2. The maximum Gasteiger partial charge on any atom is 0.143 e. The molecule has 0 aliphatic heterocycles. The van der Waals surface area contributed by atoms with Gasteiger partial charge in [0.2, 0.25) is 0 Å². The van der Waals surface area contributed by atoms with Gasteiger partial charge in [0.1, 0.15) is 10.7 Å². The smallest absolute Gasteiger partial charge is 0.143 e. The molecule has 0 amide bonds. The first-order valence-corrected chi connectivity index (χ1v) is 7.18. The molecule has 1 aliphatic carbocycles. The fourth-order valence-electron chi connectivity index (χ4n) is 2.29. The topological polar surface area (TPSA) is 50.7 Å². The molecule has 0 unspecified atom stereocenters.